The first kappa shape index (κ1) is 15.4. The standard InChI is InChI=1S/C14H18N2O2S2/c1-11(2)14-10-16(7-8-19-14)20(17,18)13-5-3-12(9-15)4-6-13/h3-6,11,14H,7-8,10H2,1-2H3. The van der Waals surface area contributed by atoms with E-state index in [0.29, 0.717) is 29.8 Å². The molecule has 1 heterocycles. The summed E-state index contributed by atoms with van der Waals surface area (Å²) in [5, 5.41) is 9.11. The first-order valence-electron chi connectivity index (χ1n) is 6.57. The van der Waals surface area contributed by atoms with Crippen molar-refractivity contribution in [3.05, 3.63) is 29.8 Å². The van der Waals surface area contributed by atoms with E-state index in [4.69, 9.17) is 5.26 Å². The fraction of sp³-hybridized carbons (Fsp3) is 0.500. The summed E-state index contributed by atoms with van der Waals surface area (Å²) in [6.07, 6.45) is 0. The maximum atomic E-state index is 12.6. The molecule has 1 unspecified atom stereocenters. The van der Waals surface area contributed by atoms with Crippen LogP contribution >= 0.6 is 11.8 Å². The Hall–Kier alpha value is -1.03. The molecule has 2 rings (SSSR count). The second-order valence-corrected chi connectivity index (χ2v) is 8.44. The molecule has 4 nitrogen and oxygen atoms in total. The van der Waals surface area contributed by atoms with Gasteiger partial charge in [-0.3, -0.25) is 0 Å². The molecular formula is C14H18N2O2S2. The monoisotopic (exact) mass is 310 g/mol. The van der Waals surface area contributed by atoms with Crippen LogP contribution in [0.25, 0.3) is 0 Å². The normalized spacial score (nSPS) is 20.8. The van der Waals surface area contributed by atoms with Gasteiger partial charge in [0.25, 0.3) is 0 Å². The Bertz CT molecular complexity index is 603. The van der Waals surface area contributed by atoms with E-state index in [1.807, 2.05) is 17.8 Å². The Morgan fingerprint density at radius 3 is 2.55 bits per heavy atom. The molecule has 108 valence electrons. The molecule has 0 radical (unpaired) electrons. The van der Waals surface area contributed by atoms with Gasteiger partial charge in [-0.15, -0.1) is 0 Å². The van der Waals surface area contributed by atoms with Crippen LogP contribution in [0, 0.1) is 17.2 Å². The number of hydrogen-bond acceptors (Lipinski definition) is 4. The Morgan fingerprint density at radius 2 is 2.00 bits per heavy atom. The topological polar surface area (TPSA) is 61.2 Å². The third kappa shape index (κ3) is 3.17. The van der Waals surface area contributed by atoms with Gasteiger partial charge < -0.3 is 0 Å². The van der Waals surface area contributed by atoms with Crippen LogP contribution in [0.5, 0.6) is 0 Å². The number of thioether (sulfide) groups is 1. The molecule has 0 bridgehead atoms. The Morgan fingerprint density at radius 1 is 1.35 bits per heavy atom. The van der Waals surface area contributed by atoms with Gasteiger partial charge in [0, 0.05) is 24.1 Å². The van der Waals surface area contributed by atoms with Crippen LogP contribution in [0.2, 0.25) is 0 Å². The Labute approximate surface area is 124 Å². The van der Waals surface area contributed by atoms with Gasteiger partial charge in [-0.2, -0.15) is 21.3 Å². The van der Waals surface area contributed by atoms with Gasteiger partial charge in [-0.05, 0) is 30.2 Å². The van der Waals surface area contributed by atoms with Crippen LogP contribution in [0.3, 0.4) is 0 Å². The molecule has 0 N–H and O–H groups in total. The van der Waals surface area contributed by atoms with Gasteiger partial charge in [-0.1, -0.05) is 13.8 Å². The zero-order valence-corrected chi connectivity index (χ0v) is 13.2. The van der Waals surface area contributed by atoms with E-state index in [2.05, 4.69) is 13.8 Å². The molecule has 1 saturated heterocycles. The molecule has 6 heteroatoms. The third-order valence-corrected chi connectivity index (χ3v) is 6.84. The lowest BCUT2D eigenvalue weighted by molar-refractivity contribution is 0.391. The van der Waals surface area contributed by atoms with E-state index < -0.39 is 10.0 Å². The molecule has 1 aromatic rings. The highest BCUT2D eigenvalue weighted by Gasteiger charge is 2.31. The summed E-state index contributed by atoms with van der Waals surface area (Å²) in [6.45, 7) is 5.35. The fourth-order valence-corrected chi connectivity index (χ4v) is 5.10. The number of rotatable bonds is 3. The lowest BCUT2D eigenvalue weighted by Crippen LogP contribution is -2.43. The van der Waals surface area contributed by atoms with Gasteiger partial charge in [0.1, 0.15) is 0 Å². The van der Waals surface area contributed by atoms with Crippen LogP contribution in [-0.2, 0) is 10.0 Å². The Balaban J connectivity index is 2.23. The van der Waals surface area contributed by atoms with E-state index in [0.717, 1.165) is 5.75 Å². The summed E-state index contributed by atoms with van der Waals surface area (Å²) in [6, 6.07) is 8.12. The van der Waals surface area contributed by atoms with Crippen molar-refractivity contribution in [2.24, 2.45) is 5.92 Å². The molecule has 1 aromatic carbocycles. The van der Waals surface area contributed by atoms with Crippen molar-refractivity contribution < 1.29 is 8.42 Å². The molecule has 1 aliphatic heterocycles. The van der Waals surface area contributed by atoms with Gasteiger partial charge in [0.15, 0.2) is 0 Å². The van der Waals surface area contributed by atoms with E-state index in [-0.39, 0.29) is 4.90 Å². The van der Waals surface area contributed by atoms with Crippen LogP contribution in [0.1, 0.15) is 19.4 Å². The molecule has 20 heavy (non-hydrogen) atoms. The van der Waals surface area contributed by atoms with Gasteiger partial charge in [0.05, 0.1) is 16.5 Å². The highest BCUT2D eigenvalue weighted by atomic mass is 32.2. The van der Waals surface area contributed by atoms with Crippen LogP contribution in [-0.4, -0.2) is 36.8 Å². The zero-order valence-electron chi connectivity index (χ0n) is 11.6. The lowest BCUT2D eigenvalue weighted by atomic mass is 10.1. The first-order chi connectivity index (χ1) is 9.45. The number of sulfonamides is 1. The summed E-state index contributed by atoms with van der Waals surface area (Å²) >= 11 is 1.84. The maximum Gasteiger partial charge on any atom is 0.243 e. The van der Waals surface area contributed by atoms with E-state index in [1.54, 1.807) is 16.4 Å². The van der Waals surface area contributed by atoms with E-state index >= 15 is 0 Å². The van der Waals surface area contributed by atoms with Crippen molar-refractivity contribution in [1.82, 2.24) is 4.31 Å². The van der Waals surface area contributed by atoms with Gasteiger partial charge >= 0.3 is 0 Å². The Kier molecular flexibility index (Phi) is 4.74. The van der Waals surface area contributed by atoms with Crippen molar-refractivity contribution in [3.63, 3.8) is 0 Å². The van der Waals surface area contributed by atoms with Crippen molar-refractivity contribution in [2.75, 3.05) is 18.8 Å². The molecular weight excluding hydrogens is 292 g/mol. The minimum Gasteiger partial charge on any atom is -0.207 e. The second kappa shape index (κ2) is 6.17. The smallest absolute Gasteiger partial charge is 0.207 e. The maximum absolute atomic E-state index is 12.6. The summed E-state index contributed by atoms with van der Waals surface area (Å²) in [7, 11) is -3.44. The van der Waals surface area contributed by atoms with E-state index in [1.165, 1.54) is 12.1 Å². The molecule has 1 fully saturated rings. The number of nitrogens with zero attached hydrogens (tertiary/aromatic N) is 2. The van der Waals surface area contributed by atoms with Crippen molar-refractivity contribution in [3.8, 4) is 6.07 Å². The summed E-state index contributed by atoms with van der Waals surface area (Å²) < 4.78 is 26.7. The predicted molar refractivity (Wildman–Crippen MR) is 81.0 cm³/mol. The van der Waals surface area contributed by atoms with Crippen LogP contribution in [0.4, 0.5) is 0 Å². The van der Waals surface area contributed by atoms with Crippen molar-refractivity contribution >= 4 is 21.8 Å². The number of benzene rings is 1. The largest absolute Gasteiger partial charge is 0.243 e. The SMILES string of the molecule is CC(C)C1CN(S(=O)(=O)c2ccc(C#N)cc2)CCS1. The van der Waals surface area contributed by atoms with Crippen molar-refractivity contribution in [2.45, 2.75) is 24.0 Å². The first-order valence-corrected chi connectivity index (χ1v) is 9.06. The minimum absolute atomic E-state index is 0.269. The average Bonchev–Trinajstić information content (AvgIpc) is 2.47. The molecule has 0 spiro atoms. The summed E-state index contributed by atoms with van der Waals surface area (Å²) in [4.78, 5) is 0.269. The zero-order chi connectivity index (χ0) is 14.8. The summed E-state index contributed by atoms with van der Waals surface area (Å²) in [5.74, 6) is 1.29. The van der Waals surface area contributed by atoms with Crippen molar-refractivity contribution in [1.29, 1.82) is 5.26 Å². The molecule has 0 saturated carbocycles. The third-order valence-electron chi connectivity index (χ3n) is 3.42. The van der Waals surface area contributed by atoms with Gasteiger partial charge in [-0.25, -0.2) is 8.42 Å². The van der Waals surface area contributed by atoms with Gasteiger partial charge in [0.2, 0.25) is 10.0 Å². The summed E-state index contributed by atoms with van der Waals surface area (Å²) in [5.41, 5.74) is 0.471. The minimum atomic E-state index is -3.44. The second-order valence-electron chi connectivity index (χ2n) is 5.15. The number of nitriles is 1. The average molecular weight is 310 g/mol. The molecule has 0 aliphatic carbocycles. The van der Waals surface area contributed by atoms with Crippen LogP contribution < -0.4 is 0 Å². The fourth-order valence-electron chi connectivity index (χ4n) is 2.12. The highest BCUT2D eigenvalue weighted by Crippen LogP contribution is 2.28. The highest BCUT2D eigenvalue weighted by molar-refractivity contribution is 8.00. The predicted octanol–water partition coefficient (Wildman–Crippen LogP) is 2.32. The molecule has 1 atom stereocenters. The quantitative estimate of drug-likeness (QED) is 0.859. The van der Waals surface area contributed by atoms with E-state index in [9.17, 15) is 8.42 Å². The lowest BCUT2D eigenvalue weighted by Gasteiger charge is -2.33. The molecule has 0 aromatic heterocycles. The number of hydrogen-bond donors (Lipinski definition) is 0. The molecule has 0 amide bonds. The van der Waals surface area contributed by atoms with Crippen LogP contribution in [0.15, 0.2) is 29.2 Å². The molecule has 1 aliphatic rings.